The molecule has 2 rings (SSSR count). The predicted octanol–water partition coefficient (Wildman–Crippen LogP) is 1.40. The van der Waals surface area contributed by atoms with E-state index < -0.39 is 0 Å². The zero-order valence-electron chi connectivity index (χ0n) is 10.1. The molecule has 4 heteroatoms. The maximum atomic E-state index is 12.0. The van der Waals surface area contributed by atoms with Crippen molar-refractivity contribution in [3.63, 3.8) is 0 Å². The third-order valence-electron chi connectivity index (χ3n) is 2.93. The van der Waals surface area contributed by atoms with E-state index in [2.05, 4.69) is 0 Å². The minimum absolute atomic E-state index is 0.107. The Morgan fingerprint density at radius 2 is 2.24 bits per heavy atom. The Morgan fingerprint density at radius 3 is 3.00 bits per heavy atom. The maximum absolute atomic E-state index is 12.0. The number of benzene rings is 1. The van der Waals surface area contributed by atoms with Gasteiger partial charge in [0.25, 0.3) is 0 Å². The number of nitrogens with zero attached hydrogens (tertiary/aromatic N) is 1. The van der Waals surface area contributed by atoms with Crippen LogP contribution in [0, 0.1) is 5.92 Å². The molecule has 0 bridgehead atoms. The third kappa shape index (κ3) is 2.58. The first-order valence-corrected chi connectivity index (χ1v) is 5.94. The topological polar surface area (TPSA) is 55.6 Å². The summed E-state index contributed by atoms with van der Waals surface area (Å²) >= 11 is 0. The van der Waals surface area contributed by atoms with Gasteiger partial charge in [0.15, 0.2) is 0 Å². The fourth-order valence-electron chi connectivity index (χ4n) is 1.91. The lowest BCUT2D eigenvalue weighted by Crippen LogP contribution is -2.36. The fraction of sp³-hybridized carbons (Fsp3) is 0.462. The van der Waals surface area contributed by atoms with Crippen LogP contribution in [0.1, 0.15) is 13.3 Å². The van der Waals surface area contributed by atoms with Crippen LogP contribution in [-0.4, -0.2) is 25.6 Å². The summed E-state index contributed by atoms with van der Waals surface area (Å²) in [6.07, 6.45) is 0.423. The minimum atomic E-state index is 0.107. The van der Waals surface area contributed by atoms with Crippen molar-refractivity contribution in [3.8, 4) is 5.75 Å². The molecular weight excluding hydrogens is 216 g/mol. The Hall–Kier alpha value is -1.55. The highest BCUT2D eigenvalue weighted by molar-refractivity contribution is 5.95. The molecule has 0 saturated carbocycles. The summed E-state index contributed by atoms with van der Waals surface area (Å²) in [5.41, 5.74) is 6.48. The van der Waals surface area contributed by atoms with Crippen molar-refractivity contribution in [2.24, 2.45) is 11.7 Å². The zero-order valence-corrected chi connectivity index (χ0v) is 10.1. The summed E-state index contributed by atoms with van der Waals surface area (Å²) < 4.78 is 5.57. The largest absolute Gasteiger partial charge is 0.491 e. The second-order valence-corrected chi connectivity index (χ2v) is 4.41. The summed E-state index contributed by atoms with van der Waals surface area (Å²) in [6, 6.07) is 7.65. The second-order valence-electron chi connectivity index (χ2n) is 4.41. The Morgan fingerprint density at radius 1 is 1.47 bits per heavy atom. The molecule has 17 heavy (non-hydrogen) atoms. The molecule has 1 aromatic rings. The number of para-hydroxylation sites is 2. The van der Waals surface area contributed by atoms with Gasteiger partial charge in [-0.1, -0.05) is 19.1 Å². The highest BCUT2D eigenvalue weighted by atomic mass is 16.5. The number of nitrogens with two attached hydrogens (primary N) is 1. The van der Waals surface area contributed by atoms with Crippen LogP contribution in [0.2, 0.25) is 0 Å². The molecule has 1 atom stereocenters. The predicted molar refractivity (Wildman–Crippen MR) is 67.1 cm³/mol. The molecule has 1 aliphatic heterocycles. The number of carbonyl (C=O) groups excluding carboxylic acids is 1. The van der Waals surface area contributed by atoms with Crippen LogP contribution in [0.5, 0.6) is 5.75 Å². The summed E-state index contributed by atoms with van der Waals surface area (Å²) in [7, 11) is 0. The van der Waals surface area contributed by atoms with Crippen LogP contribution in [-0.2, 0) is 4.79 Å². The normalized spacial score (nSPS) is 17.1. The van der Waals surface area contributed by atoms with Crippen LogP contribution in [0.15, 0.2) is 24.3 Å². The molecule has 0 radical (unpaired) electrons. The first-order valence-electron chi connectivity index (χ1n) is 5.94. The molecule has 92 valence electrons. The summed E-state index contributed by atoms with van der Waals surface area (Å²) in [4.78, 5) is 13.8. The van der Waals surface area contributed by atoms with Crippen molar-refractivity contribution in [1.82, 2.24) is 0 Å². The molecule has 1 heterocycles. The van der Waals surface area contributed by atoms with Gasteiger partial charge < -0.3 is 15.4 Å². The lowest BCUT2D eigenvalue weighted by atomic mass is 10.1. The van der Waals surface area contributed by atoms with Crippen molar-refractivity contribution in [2.75, 3.05) is 24.6 Å². The van der Waals surface area contributed by atoms with E-state index in [9.17, 15) is 4.79 Å². The Labute approximate surface area is 101 Å². The molecule has 4 nitrogen and oxygen atoms in total. The van der Waals surface area contributed by atoms with Gasteiger partial charge in [-0.3, -0.25) is 4.79 Å². The quantitative estimate of drug-likeness (QED) is 0.860. The molecule has 1 aliphatic rings. The van der Waals surface area contributed by atoms with Gasteiger partial charge in [-0.25, -0.2) is 0 Å². The van der Waals surface area contributed by atoms with Gasteiger partial charge in [-0.15, -0.1) is 0 Å². The van der Waals surface area contributed by atoms with Crippen LogP contribution >= 0.6 is 0 Å². The van der Waals surface area contributed by atoms with Gasteiger partial charge in [0.2, 0.25) is 5.91 Å². The van der Waals surface area contributed by atoms with Gasteiger partial charge in [0.05, 0.1) is 18.7 Å². The number of rotatable bonds is 3. The Bertz CT molecular complexity index is 406. The molecule has 1 aromatic carbocycles. The summed E-state index contributed by atoms with van der Waals surface area (Å²) in [6.45, 7) is 3.72. The van der Waals surface area contributed by atoms with Crippen molar-refractivity contribution in [2.45, 2.75) is 13.3 Å². The average molecular weight is 234 g/mol. The van der Waals surface area contributed by atoms with Crippen LogP contribution in [0.3, 0.4) is 0 Å². The van der Waals surface area contributed by atoms with Crippen molar-refractivity contribution < 1.29 is 9.53 Å². The van der Waals surface area contributed by atoms with E-state index in [-0.39, 0.29) is 11.8 Å². The van der Waals surface area contributed by atoms with E-state index in [4.69, 9.17) is 10.5 Å². The summed E-state index contributed by atoms with van der Waals surface area (Å²) in [5.74, 6) is 1.17. The Kier molecular flexibility index (Phi) is 3.64. The lowest BCUT2D eigenvalue weighted by molar-refractivity contribution is -0.118. The number of anilines is 1. The monoisotopic (exact) mass is 234 g/mol. The van der Waals surface area contributed by atoms with Gasteiger partial charge in [-0.05, 0) is 24.6 Å². The van der Waals surface area contributed by atoms with Crippen LogP contribution in [0.4, 0.5) is 5.69 Å². The highest BCUT2D eigenvalue weighted by Crippen LogP contribution is 2.31. The SMILES string of the molecule is CC(CN)CN1C(=O)CCOc2ccccc21. The van der Waals surface area contributed by atoms with E-state index in [0.29, 0.717) is 26.1 Å². The molecule has 0 aliphatic carbocycles. The molecular formula is C13H18N2O2. The smallest absolute Gasteiger partial charge is 0.230 e. The molecule has 0 spiro atoms. The number of hydrogen-bond acceptors (Lipinski definition) is 3. The summed E-state index contributed by atoms with van der Waals surface area (Å²) in [5, 5.41) is 0. The van der Waals surface area contributed by atoms with Crippen molar-refractivity contribution in [3.05, 3.63) is 24.3 Å². The maximum Gasteiger partial charge on any atom is 0.230 e. The van der Waals surface area contributed by atoms with Gasteiger partial charge in [0, 0.05) is 6.54 Å². The van der Waals surface area contributed by atoms with E-state index in [1.54, 1.807) is 4.90 Å². The lowest BCUT2D eigenvalue weighted by Gasteiger charge is -2.24. The van der Waals surface area contributed by atoms with Crippen molar-refractivity contribution >= 4 is 11.6 Å². The zero-order chi connectivity index (χ0) is 12.3. The van der Waals surface area contributed by atoms with E-state index in [1.165, 1.54) is 0 Å². The number of amides is 1. The molecule has 0 fully saturated rings. The van der Waals surface area contributed by atoms with Crippen LogP contribution in [0.25, 0.3) is 0 Å². The Balaban J connectivity index is 2.30. The fourth-order valence-corrected chi connectivity index (χ4v) is 1.91. The molecule has 1 unspecified atom stereocenters. The minimum Gasteiger partial charge on any atom is -0.491 e. The standard InChI is InChI=1S/C13H18N2O2/c1-10(8-14)9-15-11-4-2-3-5-12(11)17-7-6-13(15)16/h2-5,10H,6-9,14H2,1H3. The van der Waals surface area contributed by atoms with E-state index in [0.717, 1.165) is 11.4 Å². The first kappa shape index (κ1) is 11.9. The third-order valence-corrected chi connectivity index (χ3v) is 2.93. The van der Waals surface area contributed by atoms with Gasteiger partial charge in [0.1, 0.15) is 5.75 Å². The second kappa shape index (κ2) is 5.19. The number of fused-ring (bicyclic) bond motifs is 1. The molecule has 0 saturated heterocycles. The number of carbonyl (C=O) groups is 1. The average Bonchev–Trinajstić information content (AvgIpc) is 2.50. The first-order chi connectivity index (χ1) is 8.22. The highest BCUT2D eigenvalue weighted by Gasteiger charge is 2.23. The van der Waals surface area contributed by atoms with Crippen molar-refractivity contribution in [1.29, 1.82) is 0 Å². The van der Waals surface area contributed by atoms with Gasteiger partial charge >= 0.3 is 0 Å². The number of hydrogen-bond donors (Lipinski definition) is 1. The molecule has 1 amide bonds. The molecule has 0 aromatic heterocycles. The molecule has 2 N–H and O–H groups in total. The van der Waals surface area contributed by atoms with E-state index in [1.807, 2.05) is 31.2 Å². The van der Waals surface area contributed by atoms with Gasteiger partial charge in [-0.2, -0.15) is 0 Å². The van der Waals surface area contributed by atoms with Crippen LogP contribution < -0.4 is 15.4 Å². The number of ether oxygens (including phenoxy) is 1. The van der Waals surface area contributed by atoms with E-state index >= 15 is 0 Å².